The van der Waals surface area contributed by atoms with Crippen molar-refractivity contribution < 1.29 is 22.8 Å². The van der Waals surface area contributed by atoms with Crippen molar-refractivity contribution in [1.29, 1.82) is 0 Å². The van der Waals surface area contributed by atoms with Gasteiger partial charge in [-0.1, -0.05) is 25.7 Å². The van der Waals surface area contributed by atoms with Crippen LogP contribution < -0.4 is 10.6 Å². The number of anilines is 1. The molecule has 29 heavy (non-hydrogen) atoms. The molecule has 2 aliphatic rings. The molecule has 2 N–H and O–H groups in total. The van der Waals surface area contributed by atoms with Crippen molar-refractivity contribution in [3.8, 4) is 0 Å². The van der Waals surface area contributed by atoms with Crippen molar-refractivity contribution in [3.63, 3.8) is 0 Å². The standard InChI is InChI=1S/C21H28F3N3O2/c1-14(27-11-10-21(13-27)8-4-2-3-5-9-21)20(29)25-12-17(28)26-16-7-6-15(22)18(23)19(16)24/h6-7,14H,2-5,8-13H2,1H3,(H,25,29)(H,26,28)/t14-/m0/s1. The first-order valence-corrected chi connectivity index (χ1v) is 10.3. The molecule has 1 aromatic carbocycles. The smallest absolute Gasteiger partial charge is 0.243 e. The Kier molecular flexibility index (Phi) is 6.82. The van der Waals surface area contributed by atoms with E-state index in [1.807, 2.05) is 6.92 Å². The summed E-state index contributed by atoms with van der Waals surface area (Å²) in [6, 6.07) is 1.29. The molecular formula is C21H28F3N3O2. The average molecular weight is 411 g/mol. The van der Waals surface area contributed by atoms with Gasteiger partial charge in [-0.15, -0.1) is 0 Å². The molecule has 8 heteroatoms. The number of nitrogens with zero attached hydrogens (tertiary/aromatic N) is 1. The second-order valence-electron chi connectivity index (χ2n) is 8.30. The number of benzene rings is 1. The highest BCUT2D eigenvalue weighted by atomic mass is 19.2. The topological polar surface area (TPSA) is 61.4 Å². The number of hydrogen-bond acceptors (Lipinski definition) is 3. The van der Waals surface area contributed by atoms with E-state index in [0.717, 1.165) is 31.6 Å². The van der Waals surface area contributed by atoms with Crippen LogP contribution in [0.1, 0.15) is 51.9 Å². The molecule has 1 aromatic rings. The normalized spacial score (nSPS) is 20.3. The molecule has 2 fully saturated rings. The van der Waals surface area contributed by atoms with Crippen LogP contribution in [-0.2, 0) is 9.59 Å². The number of carbonyl (C=O) groups excluding carboxylic acids is 2. The third-order valence-electron chi connectivity index (χ3n) is 6.29. The van der Waals surface area contributed by atoms with E-state index >= 15 is 0 Å². The lowest BCUT2D eigenvalue weighted by molar-refractivity contribution is -0.127. The van der Waals surface area contributed by atoms with E-state index in [2.05, 4.69) is 15.5 Å². The van der Waals surface area contributed by atoms with E-state index in [9.17, 15) is 22.8 Å². The molecule has 0 unspecified atom stereocenters. The highest BCUT2D eigenvalue weighted by Crippen LogP contribution is 2.43. The van der Waals surface area contributed by atoms with Crippen molar-refractivity contribution in [2.75, 3.05) is 25.0 Å². The summed E-state index contributed by atoms with van der Waals surface area (Å²) in [5.74, 6) is -5.45. The molecule has 3 rings (SSSR count). The third-order valence-corrected chi connectivity index (χ3v) is 6.29. The number of halogens is 3. The Morgan fingerprint density at radius 3 is 2.45 bits per heavy atom. The van der Waals surface area contributed by atoms with Crippen LogP contribution in [0.3, 0.4) is 0 Å². The third kappa shape index (κ3) is 5.10. The van der Waals surface area contributed by atoms with Gasteiger partial charge in [-0.05, 0) is 50.3 Å². The molecule has 1 saturated heterocycles. The highest BCUT2D eigenvalue weighted by molar-refractivity contribution is 5.95. The molecule has 160 valence electrons. The molecule has 1 aliphatic heterocycles. The fourth-order valence-electron chi connectivity index (χ4n) is 4.48. The van der Waals surface area contributed by atoms with Crippen LogP contribution in [0.5, 0.6) is 0 Å². The maximum atomic E-state index is 13.6. The summed E-state index contributed by atoms with van der Waals surface area (Å²) in [4.78, 5) is 26.6. The molecule has 5 nitrogen and oxygen atoms in total. The zero-order valence-corrected chi connectivity index (χ0v) is 16.7. The fourth-order valence-corrected chi connectivity index (χ4v) is 4.48. The number of amides is 2. The molecule has 2 amide bonds. The van der Waals surface area contributed by atoms with Crippen molar-refractivity contribution in [2.24, 2.45) is 5.41 Å². The molecule has 0 aromatic heterocycles. The van der Waals surface area contributed by atoms with Gasteiger partial charge in [0.25, 0.3) is 0 Å². The quantitative estimate of drug-likeness (QED) is 0.728. The lowest BCUT2D eigenvalue weighted by Crippen LogP contribution is -2.46. The summed E-state index contributed by atoms with van der Waals surface area (Å²) in [5, 5.41) is 4.69. The molecule has 1 saturated carbocycles. The monoisotopic (exact) mass is 411 g/mol. The molecule has 0 radical (unpaired) electrons. The van der Waals surface area contributed by atoms with Crippen LogP contribution in [0.15, 0.2) is 12.1 Å². The Balaban J connectivity index is 1.49. The van der Waals surface area contributed by atoms with Crippen molar-refractivity contribution in [1.82, 2.24) is 10.2 Å². The van der Waals surface area contributed by atoms with Gasteiger partial charge in [0.15, 0.2) is 17.5 Å². The van der Waals surface area contributed by atoms with Crippen LogP contribution in [-0.4, -0.2) is 42.4 Å². The Morgan fingerprint density at radius 1 is 1.07 bits per heavy atom. The largest absolute Gasteiger partial charge is 0.346 e. The first kappa shape index (κ1) is 21.6. The minimum Gasteiger partial charge on any atom is -0.346 e. The lowest BCUT2D eigenvalue weighted by Gasteiger charge is -2.30. The Bertz CT molecular complexity index is 764. The minimum atomic E-state index is -1.65. The van der Waals surface area contributed by atoms with Crippen molar-refractivity contribution in [3.05, 3.63) is 29.6 Å². The molecule has 1 heterocycles. The zero-order chi connectivity index (χ0) is 21.0. The molecule has 0 bridgehead atoms. The summed E-state index contributed by atoms with van der Waals surface area (Å²) in [6.45, 7) is 3.20. The Labute approximate surface area is 169 Å². The summed E-state index contributed by atoms with van der Waals surface area (Å²) >= 11 is 0. The van der Waals surface area contributed by atoms with E-state index < -0.39 is 29.0 Å². The fraction of sp³-hybridized carbons (Fsp3) is 0.619. The summed E-state index contributed by atoms with van der Waals surface area (Å²) < 4.78 is 39.8. The summed E-state index contributed by atoms with van der Waals surface area (Å²) in [6.07, 6.45) is 8.57. The van der Waals surface area contributed by atoms with Gasteiger partial charge in [0.1, 0.15) is 0 Å². The molecule has 1 atom stereocenters. The minimum absolute atomic E-state index is 0.281. The van der Waals surface area contributed by atoms with Gasteiger partial charge in [0.2, 0.25) is 11.8 Å². The van der Waals surface area contributed by atoms with Crippen LogP contribution in [0, 0.1) is 22.9 Å². The van der Waals surface area contributed by atoms with Crippen molar-refractivity contribution in [2.45, 2.75) is 57.9 Å². The van der Waals surface area contributed by atoms with Crippen LogP contribution in [0.4, 0.5) is 18.9 Å². The van der Waals surface area contributed by atoms with Crippen LogP contribution in [0.25, 0.3) is 0 Å². The average Bonchev–Trinajstić information content (AvgIpc) is 2.98. The first-order valence-electron chi connectivity index (χ1n) is 10.3. The molecule has 1 aliphatic carbocycles. The predicted molar refractivity (Wildman–Crippen MR) is 104 cm³/mol. The zero-order valence-electron chi connectivity index (χ0n) is 16.7. The van der Waals surface area contributed by atoms with Crippen LogP contribution in [0.2, 0.25) is 0 Å². The number of hydrogen-bond donors (Lipinski definition) is 2. The maximum absolute atomic E-state index is 13.6. The second kappa shape index (κ2) is 9.15. The summed E-state index contributed by atoms with van der Waals surface area (Å²) in [7, 11) is 0. The summed E-state index contributed by atoms with van der Waals surface area (Å²) in [5.41, 5.74) is -0.155. The predicted octanol–water partition coefficient (Wildman–Crippen LogP) is 3.59. The van der Waals surface area contributed by atoms with E-state index in [1.54, 1.807) is 0 Å². The van der Waals surface area contributed by atoms with Gasteiger partial charge in [-0.3, -0.25) is 14.5 Å². The van der Waals surface area contributed by atoms with Gasteiger partial charge in [0.05, 0.1) is 18.3 Å². The number of nitrogens with one attached hydrogen (secondary N) is 2. The Morgan fingerprint density at radius 2 is 1.76 bits per heavy atom. The Hall–Kier alpha value is -2.09. The van der Waals surface area contributed by atoms with Gasteiger partial charge in [-0.2, -0.15) is 0 Å². The van der Waals surface area contributed by atoms with Gasteiger partial charge < -0.3 is 10.6 Å². The van der Waals surface area contributed by atoms with E-state index in [-0.39, 0.29) is 18.5 Å². The highest BCUT2D eigenvalue weighted by Gasteiger charge is 2.40. The maximum Gasteiger partial charge on any atom is 0.243 e. The van der Waals surface area contributed by atoms with Gasteiger partial charge in [-0.25, -0.2) is 13.2 Å². The first-order chi connectivity index (χ1) is 13.8. The van der Waals surface area contributed by atoms with Crippen molar-refractivity contribution >= 4 is 17.5 Å². The van der Waals surface area contributed by atoms with Gasteiger partial charge >= 0.3 is 0 Å². The van der Waals surface area contributed by atoms with E-state index in [0.29, 0.717) is 5.41 Å². The lowest BCUT2D eigenvalue weighted by atomic mass is 9.80. The molecule has 1 spiro atoms. The molecular weight excluding hydrogens is 383 g/mol. The second-order valence-corrected chi connectivity index (χ2v) is 8.30. The van der Waals surface area contributed by atoms with Crippen LogP contribution >= 0.6 is 0 Å². The SMILES string of the molecule is C[C@@H](C(=O)NCC(=O)Nc1ccc(F)c(F)c1F)N1CCC2(CCCCCC2)C1. The number of rotatable bonds is 5. The van der Waals surface area contributed by atoms with E-state index in [1.165, 1.54) is 38.5 Å². The van der Waals surface area contributed by atoms with E-state index in [4.69, 9.17) is 0 Å². The number of likely N-dealkylation sites (tertiary alicyclic amines) is 1. The number of carbonyl (C=O) groups is 2. The van der Waals surface area contributed by atoms with Gasteiger partial charge in [0, 0.05) is 6.54 Å².